The molecule has 0 spiro atoms. The van der Waals surface area contributed by atoms with Crippen LogP contribution in [0.15, 0.2) is 24.3 Å². The first-order valence-corrected chi connectivity index (χ1v) is 7.56. The summed E-state index contributed by atoms with van der Waals surface area (Å²) in [6, 6.07) is 7.51. The van der Waals surface area contributed by atoms with E-state index in [9.17, 15) is 4.79 Å². The van der Waals surface area contributed by atoms with E-state index in [0.29, 0.717) is 17.8 Å². The molecule has 1 fully saturated rings. The highest BCUT2D eigenvalue weighted by atomic mass is 16.1. The molecule has 1 saturated carbocycles. The van der Waals surface area contributed by atoms with Gasteiger partial charge in [0.25, 0.3) is 0 Å². The molecule has 110 valence electrons. The van der Waals surface area contributed by atoms with Gasteiger partial charge < -0.3 is 11.1 Å². The van der Waals surface area contributed by atoms with Gasteiger partial charge in [0.2, 0.25) is 5.91 Å². The minimum atomic E-state index is 0.111. The molecule has 2 rings (SSSR count). The fourth-order valence-corrected chi connectivity index (χ4v) is 2.80. The lowest BCUT2D eigenvalue weighted by molar-refractivity contribution is -0.120. The SMILES string of the molecule is CC1(C)CCC(CNC(=O)Cc2ccc(N)cc2)CC1. The van der Waals surface area contributed by atoms with Crippen LogP contribution >= 0.6 is 0 Å². The van der Waals surface area contributed by atoms with E-state index in [0.717, 1.165) is 17.8 Å². The lowest BCUT2D eigenvalue weighted by atomic mass is 9.73. The van der Waals surface area contributed by atoms with Crippen LogP contribution in [0.4, 0.5) is 5.69 Å². The maximum Gasteiger partial charge on any atom is 0.224 e. The smallest absolute Gasteiger partial charge is 0.224 e. The third-order valence-corrected chi connectivity index (χ3v) is 4.39. The van der Waals surface area contributed by atoms with Gasteiger partial charge in [-0.05, 0) is 54.7 Å². The molecule has 0 aliphatic heterocycles. The van der Waals surface area contributed by atoms with Crippen LogP contribution in [0.2, 0.25) is 0 Å². The predicted octanol–water partition coefficient (Wildman–Crippen LogP) is 3.14. The fourth-order valence-electron chi connectivity index (χ4n) is 2.80. The van der Waals surface area contributed by atoms with Gasteiger partial charge in [-0.2, -0.15) is 0 Å². The highest BCUT2D eigenvalue weighted by Gasteiger charge is 2.26. The monoisotopic (exact) mass is 274 g/mol. The Balaban J connectivity index is 1.72. The van der Waals surface area contributed by atoms with Crippen LogP contribution in [0.1, 0.15) is 45.1 Å². The summed E-state index contributed by atoms with van der Waals surface area (Å²) >= 11 is 0. The molecule has 1 aliphatic rings. The van der Waals surface area contributed by atoms with Crippen molar-refractivity contribution in [3.63, 3.8) is 0 Å². The summed E-state index contributed by atoms with van der Waals surface area (Å²) in [6.07, 6.45) is 5.44. The first-order chi connectivity index (χ1) is 9.44. The Morgan fingerprint density at radius 3 is 2.45 bits per heavy atom. The van der Waals surface area contributed by atoms with Gasteiger partial charge in [0.05, 0.1) is 6.42 Å². The molecule has 0 aromatic heterocycles. The zero-order valence-corrected chi connectivity index (χ0v) is 12.6. The summed E-state index contributed by atoms with van der Waals surface area (Å²) in [5, 5.41) is 3.07. The van der Waals surface area contributed by atoms with Crippen molar-refractivity contribution in [1.82, 2.24) is 5.32 Å². The lowest BCUT2D eigenvalue weighted by Crippen LogP contribution is -2.33. The van der Waals surface area contributed by atoms with Gasteiger partial charge in [0.15, 0.2) is 0 Å². The van der Waals surface area contributed by atoms with Crippen molar-refractivity contribution in [2.45, 2.75) is 46.0 Å². The standard InChI is InChI=1S/C17H26N2O/c1-17(2)9-7-14(8-10-17)12-19-16(20)11-13-3-5-15(18)6-4-13/h3-6,14H,7-12,18H2,1-2H3,(H,19,20). The van der Waals surface area contributed by atoms with E-state index in [4.69, 9.17) is 5.73 Å². The zero-order valence-electron chi connectivity index (χ0n) is 12.6. The number of anilines is 1. The quantitative estimate of drug-likeness (QED) is 0.829. The van der Waals surface area contributed by atoms with Crippen molar-refractivity contribution < 1.29 is 4.79 Å². The van der Waals surface area contributed by atoms with E-state index in [-0.39, 0.29) is 5.91 Å². The number of amides is 1. The van der Waals surface area contributed by atoms with Crippen LogP contribution in [-0.4, -0.2) is 12.5 Å². The number of nitrogens with two attached hydrogens (primary N) is 1. The molecule has 0 heterocycles. The van der Waals surface area contributed by atoms with Crippen LogP contribution in [-0.2, 0) is 11.2 Å². The van der Waals surface area contributed by atoms with E-state index in [1.165, 1.54) is 25.7 Å². The minimum Gasteiger partial charge on any atom is -0.399 e. The van der Waals surface area contributed by atoms with Crippen LogP contribution < -0.4 is 11.1 Å². The molecular weight excluding hydrogens is 248 g/mol. The van der Waals surface area contributed by atoms with E-state index >= 15 is 0 Å². The van der Waals surface area contributed by atoms with Gasteiger partial charge in [-0.3, -0.25) is 4.79 Å². The molecular formula is C17H26N2O. The summed E-state index contributed by atoms with van der Waals surface area (Å²) in [4.78, 5) is 11.9. The Kier molecular flexibility index (Phi) is 4.69. The second kappa shape index (κ2) is 6.29. The van der Waals surface area contributed by atoms with Gasteiger partial charge in [-0.25, -0.2) is 0 Å². The predicted molar refractivity (Wildman–Crippen MR) is 83.3 cm³/mol. The molecule has 0 atom stereocenters. The van der Waals surface area contributed by atoms with Gasteiger partial charge >= 0.3 is 0 Å². The first kappa shape index (κ1) is 14.9. The number of rotatable bonds is 4. The largest absolute Gasteiger partial charge is 0.399 e. The van der Waals surface area contributed by atoms with Crippen molar-refractivity contribution >= 4 is 11.6 Å². The molecule has 0 unspecified atom stereocenters. The molecule has 0 bridgehead atoms. The summed E-state index contributed by atoms with van der Waals surface area (Å²) in [7, 11) is 0. The van der Waals surface area contributed by atoms with Gasteiger partial charge in [0, 0.05) is 12.2 Å². The second-order valence-electron chi connectivity index (χ2n) is 6.83. The third kappa shape index (κ3) is 4.55. The molecule has 1 aromatic carbocycles. The summed E-state index contributed by atoms with van der Waals surface area (Å²) in [6.45, 7) is 5.50. The van der Waals surface area contributed by atoms with Crippen LogP contribution in [0.3, 0.4) is 0 Å². The van der Waals surface area contributed by atoms with E-state index < -0.39 is 0 Å². The first-order valence-electron chi connectivity index (χ1n) is 7.56. The Labute approximate surface area is 121 Å². The molecule has 1 amide bonds. The second-order valence-corrected chi connectivity index (χ2v) is 6.83. The van der Waals surface area contributed by atoms with E-state index in [2.05, 4.69) is 19.2 Å². The number of nitrogens with one attached hydrogen (secondary N) is 1. The molecule has 3 nitrogen and oxygen atoms in total. The maximum atomic E-state index is 11.9. The lowest BCUT2D eigenvalue weighted by Gasteiger charge is -2.34. The zero-order chi connectivity index (χ0) is 14.6. The van der Waals surface area contributed by atoms with Crippen molar-refractivity contribution in [3.05, 3.63) is 29.8 Å². The van der Waals surface area contributed by atoms with Gasteiger partial charge in [0.1, 0.15) is 0 Å². The summed E-state index contributed by atoms with van der Waals surface area (Å²) < 4.78 is 0. The number of nitrogen functional groups attached to an aromatic ring is 1. The topological polar surface area (TPSA) is 55.1 Å². The van der Waals surface area contributed by atoms with E-state index in [1.54, 1.807) is 0 Å². The average molecular weight is 274 g/mol. The number of hydrogen-bond donors (Lipinski definition) is 2. The van der Waals surface area contributed by atoms with Gasteiger partial charge in [-0.1, -0.05) is 26.0 Å². The van der Waals surface area contributed by atoms with Crippen LogP contribution in [0, 0.1) is 11.3 Å². The number of benzene rings is 1. The molecule has 3 heteroatoms. The third-order valence-electron chi connectivity index (χ3n) is 4.39. The minimum absolute atomic E-state index is 0.111. The number of carbonyl (C=O) groups excluding carboxylic acids is 1. The van der Waals surface area contributed by atoms with Crippen LogP contribution in [0.5, 0.6) is 0 Å². The molecule has 20 heavy (non-hydrogen) atoms. The molecule has 0 saturated heterocycles. The number of hydrogen-bond acceptors (Lipinski definition) is 2. The highest BCUT2D eigenvalue weighted by molar-refractivity contribution is 5.78. The maximum absolute atomic E-state index is 11.9. The molecule has 0 radical (unpaired) electrons. The van der Waals surface area contributed by atoms with Crippen molar-refractivity contribution in [3.8, 4) is 0 Å². The fraction of sp³-hybridized carbons (Fsp3) is 0.588. The molecule has 3 N–H and O–H groups in total. The Morgan fingerprint density at radius 2 is 1.85 bits per heavy atom. The average Bonchev–Trinajstić information content (AvgIpc) is 2.40. The normalized spacial score (nSPS) is 18.7. The van der Waals surface area contributed by atoms with Crippen molar-refractivity contribution in [2.24, 2.45) is 11.3 Å². The highest BCUT2D eigenvalue weighted by Crippen LogP contribution is 2.37. The Hall–Kier alpha value is -1.51. The Morgan fingerprint density at radius 1 is 1.25 bits per heavy atom. The Bertz CT molecular complexity index is 441. The van der Waals surface area contributed by atoms with Crippen molar-refractivity contribution in [2.75, 3.05) is 12.3 Å². The van der Waals surface area contributed by atoms with Gasteiger partial charge in [-0.15, -0.1) is 0 Å². The van der Waals surface area contributed by atoms with Crippen molar-refractivity contribution in [1.29, 1.82) is 0 Å². The summed E-state index contributed by atoms with van der Waals surface area (Å²) in [5.41, 5.74) is 7.88. The number of carbonyl (C=O) groups is 1. The molecule has 1 aliphatic carbocycles. The van der Waals surface area contributed by atoms with Crippen LogP contribution in [0.25, 0.3) is 0 Å². The van der Waals surface area contributed by atoms with E-state index in [1.807, 2.05) is 24.3 Å². The summed E-state index contributed by atoms with van der Waals surface area (Å²) in [5.74, 6) is 0.762. The molecule has 1 aromatic rings.